The lowest BCUT2D eigenvalue weighted by Crippen LogP contribution is -2.34. The number of carboxylic acid groups (broad SMARTS) is 1. The van der Waals surface area contributed by atoms with E-state index in [1.54, 1.807) is 18.2 Å². The minimum Gasteiger partial charge on any atom is -0.480 e. The van der Waals surface area contributed by atoms with Gasteiger partial charge in [-0.05, 0) is 35.4 Å². The van der Waals surface area contributed by atoms with Crippen LogP contribution in [-0.2, 0) is 16.8 Å². The number of rotatable bonds is 4. The van der Waals surface area contributed by atoms with E-state index in [1.807, 2.05) is 20.8 Å². The summed E-state index contributed by atoms with van der Waals surface area (Å²) in [7, 11) is 0. The smallest absolute Gasteiger partial charge is 0.480 e. The average Bonchev–Trinajstić information content (AvgIpc) is 2.61. The number of aliphatic carboxylic acids is 1. The fourth-order valence-corrected chi connectivity index (χ4v) is 3.05. The summed E-state index contributed by atoms with van der Waals surface area (Å²) in [6.07, 6.45) is -4.78. The Morgan fingerprint density at radius 3 is 2.20 bits per heavy atom. The van der Waals surface area contributed by atoms with Crippen LogP contribution in [0.2, 0.25) is 0 Å². The Morgan fingerprint density at radius 2 is 1.67 bits per heavy atom. The van der Waals surface area contributed by atoms with Gasteiger partial charge in [-0.3, -0.25) is 14.2 Å². The van der Waals surface area contributed by atoms with Crippen LogP contribution in [0.4, 0.5) is 13.2 Å². The van der Waals surface area contributed by atoms with E-state index in [2.05, 4.69) is 9.72 Å². The van der Waals surface area contributed by atoms with Gasteiger partial charge in [0.15, 0.2) is 0 Å². The molecule has 0 aliphatic rings. The fraction of sp³-hybridized carbons (Fsp3) is 0.286. The van der Waals surface area contributed by atoms with E-state index in [4.69, 9.17) is 0 Å². The molecular formula is C21H19F3N2O4. The second kappa shape index (κ2) is 7.47. The Kier molecular flexibility index (Phi) is 5.32. The first-order valence-corrected chi connectivity index (χ1v) is 8.98. The Bertz CT molecular complexity index is 1160. The quantitative estimate of drug-likeness (QED) is 0.679. The van der Waals surface area contributed by atoms with Crippen LogP contribution in [0.3, 0.4) is 0 Å². The van der Waals surface area contributed by atoms with Gasteiger partial charge in [0.2, 0.25) is 0 Å². The standard InChI is InChI=1S/C21H19F3N2O4/c1-20(2,3)18-19(29)26(11-17(27)28)16-10-13(6-9-15(16)25-18)12-4-7-14(8-5-12)30-21(22,23)24/h4-10H,11H2,1-3H3,(H,27,28). The molecule has 0 radical (unpaired) electrons. The molecule has 1 aromatic heterocycles. The van der Waals surface area contributed by atoms with E-state index >= 15 is 0 Å². The van der Waals surface area contributed by atoms with Crippen molar-refractivity contribution in [2.75, 3.05) is 0 Å². The summed E-state index contributed by atoms with van der Waals surface area (Å²) in [6, 6.07) is 10.2. The van der Waals surface area contributed by atoms with Gasteiger partial charge in [-0.1, -0.05) is 39.0 Å². The summed E-state index contributed by atoms with van der Waals surface area (Å²) in [4.78, 5) is 28.7. The number of hydrogen-bond donors (Lipinski definition) is 1. The van der Waals surface area contributed by atoms with Crippen molar-refractivity contribution in [1.82, 2.24) is 9.55 Å². The number of halogens is 3. The molecule has 2 aromatic carbocycles. The number of alkyl halides is 3. The Labute approximate surface area is 169 Å². The summed E-state index contributed by atoms with van der Waals surface area (Å²) < 4.78 is 42.0. The van der Waals surface area contributed by atoms with Crippen molar-refractivity contribution in [2.45, 2.75) is 39.1 Å². The van der Waals surface area contributed by atoms with Gasteiger partial charge in [-0.15, -0.1) is 13.2 Å². The number of carbonyl (C=O) groups is 1. The molecule has 6 nitrogen and oxygen atoms in total. The number of fused-ring (bicyclic) bond motifs is 1. The van der Waals surface area contributed by atoms with Crippen LogP contribution < -0.4 is 10.3 Å². The number of hydrogen-bond acceptors (Lipinski definition) is 4. The van der Waals surface area contributed by atoms with Crippen LogP contribution in [-0.4, -0.2) is 27.0 Å². The van der Waals surface area contributed by atoms with Crippen LogP contribution in [0.1, 0.15) is 26.5 Å². The van der Waals surface area contributed by atoms with E-state index < -0.39 is 29.9 Å². The van der Waals surface area contributed by atoms with Gasteiger partial charge in [0.05, 0.1) is 11.0 Å². The van der Waals surface area contributed by atoms with Crippen LogP contribution in [0.15, 0.2) is 47.3 Å². The van der Waals surface area contributed by atoms with Gasteiger partial charge in [-0.25, -0.2) is 4.98 Å². The van der Waals surface area contributed by atoms with Crippen molar-refractivity contribution in [3.63, 3.8) is 0 Å². The summed E-state index contributed by atoms with van der Waals surface area (Å²) in [5.74, 6) is -1.53. The highest BCUT2D eigenvalue weighted by atomic mass is 19.4. The molecule has 0 saturated carbocycles. The van der Waals surface area contributed by atoms with Crippen molar-refractivity contribution >= 4 is 17.0 Å². The predicted octanol–water partition coefficient (Wildman–Crippen LogP) is 4.34. The highest BCUT2D eigenvalue weighted by Crippen LogP contribution is 2.28. The second-order valence-electron chi connectivity index (χ2n) is 7.77. The van der Waals surface area contributed by atoms with Gasteiger partial charge in [0, 0.05) is 5.41 Å². The largest absolute Gasteiger partial charge is 0.573 e. The maximum Gasteiger partial charge on any atom is 0.573 e. The third-order valence-corrected chi connectivity index (χ3v) is 4.37. The third kappa shape index (κ3) is 4.61. The molecule has 9 heteroatoms. The molecule has 0 spiro atoms. The maximum atomic E-state index is 12.9. The third-order valence-electron chi connectivity index (χ3n) is 4.37. The van der Waals surface area contributed by atoms with Crippen molar-refractivity contribution < 1.29 is 27.8 Å². The number of ether oxygens (including phenoxy) is 1. The monoisotopic (exact) mass is 420 g/mol. The Hall–Kier alpha value is -3.36. The lowest BCUT2D eigenvalue weighted by Gasteiger charge is -2.20. The van der Waals surface area contributed by atoms with E-state index in [-0.39, 0.29) is 11.4 Å². The molecule has 0 unspecified atom stereocenters. The molecule has 30 heavy (non-hydrogen) atoms. The normalized spacial score (nSPS) is 12.2. The topological polar surface area (TPSA) is 81.4 Å². The van der Waals surface area contributed by atoms with E-state index in [0.717, 1.165) is 4.57 Å². The summed E-state index contributed by atoms with van der Waals surface area (Å²) >= 11 is 0. The van der Waals surface area contributed by atoms with E-state index in [9.17, 15) is 27.9 Å². The zero-order valence-electron chi connectivity index (χ0n) is 16.4. The zero-order chi connectivity index (χ0) is 22.3. The van der Waals surface area contributed by atoms with Crippen LogP contribution in [0.25, 0.3) is 22.2 Å². The lowest BCUT2D eigenvalue weighted by atomic mass is 9.92. The first-order chi connectivity index (χ1) is 13.8. The fourth-order valence-electron chi connectivity index (χ4n) is 3.05. The molecule has 158 valence electrons. The van der Waals surface area contributed by atoms with Crippen molar-refractivity contribution in [3.05, 3.63) is 58.5 Å². The molecule has 1 N–H and O–H groups in total. The number of aromatic nitrogens is 2. The van der Waals surface area contributed by atoms with Crippen LogP contribution in [0, 0.1) is 0 Å². The molecule has 0 aliphatic heterocycles. The molecule has 0 bridgehead atoms. The van der Waals surface area contributed by atoms with Crippen molar-refractivity contribution in [2.24, 2.45) is 0 Å². The van der Waals surface area contributed by atoms with Gasteiger partial charge < -0.3 is 9.84 Å². The minimum absolute atomic E-state index is 0.248. The lowest BCUT2D eigenvalue weighted by molar-refractivity contribution is -0.274. The molecule has 0 fully saturated rings. The number of benzene rings is 2. The first-order valence-electron chi connectivity index (χ1n) is 8.98. The van der Waals surface area contributed by atoms with Gasteiger partial charge >= 0.3 is 12.3 Å². The zero-order valence-corrected chi connectivity index (χ0v) is 16.4. The van der Waals surface area contributed by atoms with Crippen LogP contribution >= 0.6 is 0 Å². The SMILES string of the molecule is CC(C)(C)c1nc2ccc(-c3ccc(OC(F)(F)F)cc3)cc2n(CC(=O)O)c1=O. The second-order valence-corrected chi connectivity index (χ2v) is 7.77. The molecule has 0 aliphatic carbocycles. The highest BCUT2D eigenvalue weighted by molar-refractivity contribution is 5.83. The Balaban J connectivity index is 2.13. The summed E-state index contributed by atoms with van der Waals surface area (Å²) in [5, 5.41) is 9.27. The van der Waals surface area contributed by atoms with Crippen LogP contribution in [0.5, 0.6) is 5.75 Å². The molecule has 3 rings (SSSR count). The molecular weight excluding hydrogens is 401 g/mol. The highest BCUT2D eigenvalue weighted by Gasteiger charge is 2.31. The first kappa shape index (κ1) is 21.4. The number of carboxylic acids is 1. The Morgan fingerprint density at radius 1 is 1.07 bits per heavy atom. The minimum atomic E-state index is -4.78. The van der Waals surface area contributed by atoms with Gasteiger partial charge in [-0.2, -0.15) is 0 Å². The summed E-state index contributed by atoms with van der Waals surface area (Å²) in [6.45, 7) is 4.90. The number of nitrogens with zero attached hydrogens (tertiary/aromatic N) is 2. The summed E-state index contributed by atoms with van der Waals surface area (Å²) in [5.41, 5.74) is 1.09. The molecule has 1 heterocycles. The van der Waals surface area contributed by atoms with Crippen molar-refractivity contribution in [1.29, 1.82) is 0 Å². The predicted molar refractivity (Wildman–Crippen MR) is 104 cm³/mol. The van der Waals surface area contributed by atoms with E-state index in [0.29, 0.717) is 22.2 Å². The van der Waals surface area contributed by atoms with Gasteiger partial charge in [0.25, 0.3) is 5.56 Å². The average molecular weight is 420 g/mol. The maximum absolute atomic E-state index is 12.9. The molecule has 0 amide bonds. The molecule has 3 aromatic rings. The van der Waals surface area contributed by atoms with E-state index in [1.165, 1.54) is 24.3 Å². The van der Waals surface area contributed by atoms with Gasteiger partial charge in [0.1, 0.15) is 18.0 Å². The van der Waals surface area contributed by atoms with Crippen molar-refractivity contribution in [3.8, 4) is 16.9 Å². The molecule has 0 atom stereocenters. The molecule has 0 saturated heterocycles.